The molecule has 0 spiro atoms. The molecule has 2 aromatic heterocycles. The van der Waals surface area contributed by atoms with Gasteiger partial charge in [-0.2, -0.15) is 5.10 Å². The number of carbonyl (C=O) groups is 2. The summed E-state index contributed by atoms with van der Waals surface area (Å²) in [6.45, 7) is 8.99. The molecular weight excluding hydrogens is 596 g/mol. The summed E-state index contributed by atoms with van der Waals surface area (Å²) in [5, 5.41) is 15.3. The first-order valence-corrected chi connectivity index (χ1v) is 15.3. The summed E-state index contributed by atoms with van der Waals surface area (Å²) in [7, 11) is 0. The molecule has 3 N–H and O–H groups in total. The molecule has 1 fully saturated rings. The van der Waals surface area contributed by atoms with Crippen LogP contribution in [0.15, 0.2) is 53.1 Å². The van der Waals surface area contributed by atoms with Gasteiger partial charge in [0.25, 0.3) is 11.8 Å². The third-order valence-corrected chi connectivity index (χ3v) is 8.00. The Balaban J connectivity index is 1.34. The molecule has 5 rings (SSSR count). The van der Waals surface area contributed by atoms with Gasteiger partial charge < -0.3 is 20.7 Å². The Morgan fingerprint density at radius 2 is 1.74 bits per heavy atom. The number of halogens is 1. The first kappa shape index (κ1) is 29.7. The third-order valence-electron chi connectivity index (χ3n) is 7.54. The monoisotopic (exact) mass is 632 g/mol. The number of carbonyl (C=O) groups excluding carboxylic acids is 2. The van der Waals surface area contributed by atoms with Gasteiger partial charge in [0, 0.05) is 65.7 Å². The molecule has 0 saturated carbocycles. The number of hydrogen-bond donors (Lipinski definition) is 3. The van der Waals surface area contributed by atoms with Crippen molar-refractivity contribution in [1.29, 1.82) is 0 Å². The van der Waals surface area contributed by atoms with Gasteiger partial charge in [-0.1, -0.05) is 35.0 Å². The van der Waals surface area contributed by atoms with Crippen LogP contribution < -0.4 is 16.0 Å². The zero-order valence-electron chi connectivity index (χ0n) is 24.3. The summed E-state index contributed by atoms with van der Waals surface area (Å²) >= 11 is 3.50. The van der Waals surface area contributed by atoms with Gasteiger partial charge in [0.15, 0.2) is 5.65 Å². The van der Waals surface area contributed by atoms with Crippen LogP contribution in [0.3, 0.4) is 0 Å². The molecular formula is C32H37BrN6O3. The molecule has 9 nitrogen and oxygen atoms in total. The molecule has 2 amide bonds. The van der Waals surface area contributed by atoms with Crippen LogP contribution in [0.4, 0.5) is 5.69 Å². The molecule has 0 unspecified atom stereocenters. The Morgan fingerprint density at radius 3 is 2.40 bits per heavy atom. The van der Waals surface area contributed by atoms with E-state index in [0.717, 1.165) is 76.2 Å². The first-order valence-electron chi connectivity index (χ1n) is 14.5. The van der Waals surface area contributed by atoms with Crippen LogP contribution in [0.25, 0.3) is 11.0 Å². The van der Waals surface area contributed by atoms with Crippen LogP contribution >= 0.6 is 15.9 Å². The number of pyridine rings is 1. The number of nitrogens with zero attached hydrogens (tertiary/aromatic N) is 3. The number of rotatable bonds is 10. The summed E-state index contributed by atoms with van der Waals surface area (Å²) in [5.41, 5.74) is 6.65. The van der Waals surface area contributed by atoms with Crippen LogP contribution in [0, 0.1) is 6.92 Å². The van der Waals surface area contributed by atoms with E-state index < -0.39 is 0 Å². The van der Waals surface area contributed by atoms with Gasteiger partial charge in [0.1, 0.15) is 0 Å². The van der Waals surface area contributed by atoms with Crippen molar-refractivity contribution in [2.45, 2.75) is 65.7 Å². The molecule has 4 aromatic rings. The lowest BCUT2D eigenvalue weighted by Gasteiger charge is -2.26. The molecule has 2 aromatic carbocycles. The second-order valence-corrected chi connectivity index (χ2v) is 11.5. The second-order valence-electron chi connectivity index (χ2n) is 10.6. The number of aryl methyl sites for hydroxylation is 3. The van der Waals surface area contributed by atoms with Crippen LogP contribution in [0.2, 0.25) is 0 Å². The van der Waals surface area contributed by atoms with E-state index in [1.165, 1.54) is 0 Å². The van der Waals surface area contributed by atoms with Gasteiger partial charge in [-0.05, 0) is 74.6 Å². The summed E-state index contributed by atoms with van der Waals surface area (Å²) in [6, 6.07) is 13.1. The van der Waals surface area contributed by atoms with Crippen molar-refractivity contribution in [3.63, 3.8) is 0 Å². The van der Waals surface area contributed by atoms with Crippen LogP contribution in [-0.4, -0.2) is 45.8 Å². The SMILES string of the molecule is CCc1nc2c(cnn2CC)c(NC2CCOCC2)c1CNC(=O)c1cccc(C(=O)NCc2cc(C)cc(Br)c2)c1. The number of anilines is 1. The van der Waals surface area contributed by atoms with E-state index >= 15 is 0 Å². The molecule has 3 heterocycles. The number of amides is 2. The molecule has 0 atom stereocenters. The van der Waals surface area contributed by atoms with Crippen molar-refractivity contribution in [2.24, 2.45) is 0 Å². The number of aromatic nitrogens is 3. The van der Waals surface area contributed by atoms with Crippen molar-refractivity contribution in [1.82, 2.24) is 25.4 Å². The van der Waals surface area contributed by atoms with E-state index in [4.69, 9.17) is 9.72 Å². The molecule has 10 heteroatoms. The minimum atomic E-state index is -0.254. The molecule has 42 heavy (non-hydrogen) atoms. The maximum absolute atomic E-state index is 13.3. The Labute approximate surface area is 254 Å². The average molecular weight is 634 g/mol. The Kier molecular flexibility index (Phi) is 9.54. The second kappa shape index (κ2) is 13.5. The van der Waals surface area contributed by atoms with E-state index in [1.54, 1.807) is 24.3 Å². The maximum Gasteiger partial charge on any atom is 0.251 e. The van der Waals surface area contributed by atoms with Gasteiger partial charge in [0.2, 0.25) is 0 Å². The van der Waals surface area contributed by atoms with E-state index in [0.29, 0.717) is 30.6 Å². The van der Waals surface area contributed by atoms with Crippen molar-refractivity contribution in [2.75, 3.05) is 18.5 Å². The number of hydrogen-bond acceptors (Lipinski definition) is 6. The molecule has 1 saturated heterocycles. The highest BCUT2D eigenvalue weighted by Crippen LogP contribution is 2.31. The van der Waals surface area contributed by atoms with Gasteiger partial charge in [-0.15, -0.1) is 0 Å². The summed E-state index contributed by atoms with van der Waals surface area (Å²) in [6.07, 6.45) is 4.39. The predicted molar refractivity (Wildman–Crippen MR) is 168 cm³/mol. The number of benzene rings is 2. The largest absolute Gasteiger partial charge is 0.381 e. The lowest BCUT2D eigenvalue weighted by Crippen LogP contribution is -2.30. The first-order chi connectivity index (χ1) is 20.4. The maximum atomic E-state index is 13.3. The van der Waals surface area contributed by atoms with Crippen molar-refractivity contribution in [3.05, 3.63) is 86.6 Å². The fourth-order valence-corrected chi connectivity index (χ4v) is 6.03. The molecule has 1 aliphatic rings. The van der Waals surface area contributed by atoms with Crippen molar-refractivity contribution < 1.29 is 14.3 Å². The molecule has 220 valence electrons. The molecule has 0 aliphatic carbocycles. The molecule has 1 aliphatic heterocycles. The van der Waals surface area contributed by atoms with Gasteiger partial charge in [-0.3, -0.25) is 9.59 Å². The molecule has 0 radical (unpaired) electrons. The number of nitrogens with one attached hydrogen (secondary N) is 3. The van der Waals surface area contributed by atoms with E-state index in [1.807, 2.05) is 36.0 Å². The minimum Gasteiger partial charge on any atom is -0.381 e. The fraction of sp³-hybridized carbons (Fsp3) is 0.375. The minimum absolute atomic E-state index is 0.235. The van der Waals surface area contributed by atoms with Crippen LogP contribution in [0.5, 0.6) is 0 Å². The predicted octanol–water partition coefficient (Wildman–Crippen LogP) is 5.54. The van der Waals surface area contributed by atoms with E-state index in [9.17, 15) is 9.59 Å². The van der Waals surface area contributed by atoms with E-state index in [-0.39, 0.29) is 17.9 Å². The zero-order chi connectivity index (χ0) is 29.6. The Bertz CT molecular complexity index is 1570. The zero-order valence-corrected chi connectivity index (χ0v) is 25.9. The van der Waals surface area contributed by atoms with Crippen LogP contribution in [-0.2, 0) is 30.8 Å². The quantitative estimate of drug-likeness (QED) is 0.212. The summed E-state index contributed by atoms with van der Waals surface area (Å²) in [5.74, 6) is -0.489. The Morgan fingerprint density at radius 1 is 1.02 bits per heavy atom. The van der Waals surface area contributed by atoms with Crippen molar-refractivity contribution in [3.8, 4) is 0 Å². The molecule has 0 bridgehead atoms. The normalized spacial score (nSPS) is 13.7. The highest BCUT2D eigenvalue weighted by atomic mass is 79.9. The lowest BCUT2D eigenvalue weighted by molar-refractivity contribution is 0.0904. The fourth-order valence-electron chi connectivity index (χ4n) is 5.37. The van der Waals surface area contributed by atoms with Gasteiger partial charge >= 0.3 is 0 Å². The van der Waals surface area contributed by atoms with Gasteiger partial charge in [-0.25, -0.2) is 9.67 Å². The lowest BCUT2D eigenvalue weighted by atomic mass is 10.0. The van der Waals surface area contributed by atoms with Crippen LogP contribution in [0.1, 0.15) is 69.8 Å². The van der Waals surface area contributed by atoms with Crippen molar-refractivity contribution >= 4 is 44.5 Å². The highest BCUT2D eigenvalue weighted by molar-refractivity contribution is 9.10. The van der Waals surface area contributed by atoms with E-state index in [2.05, 4.69) is 50.8 Å². The summed E-state index contributed by atoms with van der Waals surface area (Å²) in [4.78, 5) is 31.2. The standard InChI is InChI=1S/C32H37BrN6O3/c1-4-28-26(29(37-25-9-11-42-12-10-25)27-19-36-39(5-2)30(27)38-28)18-35-32(41)23-8-6-7-22(16-23)31(40)34-17-21-13-20(3)14-24(33)15-21/h6-8,13-16,19,25H,4-5,9-12,17-18H2,1-3H3,(H,34,40)(H,35,41)(H,37,38). The smallest absolute Gasteiger partial charge is 0.251 e. The average Bonchev–Trinajstić information content (AvgIpc) is 3.42. The Hall–Kier alpha value is -3.76. The number of fused-ring (bicyclic) bond motifs is 1. The van der Waals surface area contributed by atoms with Gasteiger partial charge in [0.05, 0.1) is 17.3 Å². The number of ether oxygens (including phenoxy) is 1. The summed E-state index contributed by atoms with van der Waals surface area (Å²) < 4.78 is 8.44. The third kappa shape index (κ3) is 6.82. The topological polar surface area (TPSA) is 110 Å². The highest BCUT2D eigenvalue weighted by Gasteiger charge is 2.22.